The van der Waals surface area contributed by atoms with E-state index >= 15 is 0 Å². The van der Waals surface area contributed by atoms with Crippen molar-refractivity contribution in [2.24, 2.45) is 0 Å². The fourth-order valence-electron chi connectivity index (χ4n) is 2.68. The molecule has 0 unspecified atom stereocenters. The number of H-pyrrole nitrogens is 1. The fourth-order valence-corrected chi connectivity index (χ4v) is 2.68. The largest absolute Gasteiger partial charge is 0.465 e. The Morgan fingerprint density at radius 2 is 1.81 bits per heavy atom. The first-order chi connectivity index (χ1) is 12.5. The fraction of sp³-hybridized carbons (Fsp3) is 0.150. The molecule has 3 rings (SSSR count). The maximum Gasteiger partial charge on any atom is 0.339 e. The zero-order valence-electron chi connectivity index (χ0n) is 14.5. The summed E-state index contributed by atoms with van der Waals surface area (Å²) in [5.41, 5.74) is 2.22. The van der Waals surface area contributed by atoms with E-state index in [9.17, 15) is 14.4 Å². The van der Waals surface area contributed by atoms with Gasteiger partial charge in [-0.15, -0.1) is 0 Å². The number of rotatable bonds is 4. The average Bonchev–Trinajstić information content (AvgIpc) is 2.66. The number of benzene rings is 2. The van der Waals surface area contributed by atoms with Crippen molar-refractivity contribution < 1.29 is 14.3 Å². The third kappa shape index (κ3) is 3.35. The van der Waals surface area contributed by atoms with Crippen molar-refractivity contribution in [3.63, 3.8) is 0 Å². The molecule has 0 aliphatic heterocycles. The summed E-state index contributed by atoms with van der Waals surface area (Å²) >= 11 is 0. The number of ether oxygens (including phenoxy) is 1. The molecule has 2 aromatic carbocycles. The Labute approximate surface area is 149 Å². The number of nitrogens with one attached hydrogen (secondary N) is 2. The number of esters is 1. The first kappa shape index (κ1) is 17.4. The number of hydrogen-bond acceptors (Lipinski definition) is 4. The van der Waals surface area contributed by atoms with Crippen LogP contribution in [0.1, 0.15) is 31.8 Å². The Bertz CT molecular complexity index is 1040. The van der Waals surface area contributed by atoms with Gasteiger partial charge in [-0.1, -0.05) is 35.9 Å². The molecular weight excluding hydrogens is 332 g/mol. The van der Waals surface area contributed by atoms with Gasteiger partial charge in [-0.3, -0.25) is 9.59 Å². The van der Waals surface area contributed by atoms with Crippen molar-refractivity contribution in [2.45, 2.75) is 13.5 Å². The molecule has 0 bridgehead atoms. The molecule has 1 heterocycles. The molecule has 2 N–H and O–H groups in total. The van der Waals surface area contributed by atoms with E-state index in [0.717, 1.165) is 11.1 Å². The molecule has 132 valence electrons. The van der Waals surface area contributed by atoms with Gasteiger partial charge in [-0.25, -0.2) is 4.79 Å². The molecule has 0 spiro atoms. The molecule has 26 heavy (non-hydrogen) atoms. The molecule has 6 heteroatoms. The van der Waals surface area contributed by atoms with Gasteiger partial charge in [0.2, 0.25) is 5.43 Å². The minimum Gasteiger partial charge on any atom is -0.465 e. The van der Waals surface area contributed by atoms with Crippen LogP contribution in [0.4, 0.5) is 0 Å². The predicted molar refractivity (Wildman–Crippen MR) is 98.3 cm³/mol. The van der Waals surface area contributed by atoms with Crippen molar-refractivity contribution >= 4 is 22.8 Å². The van der Waals surface area contributed by atoms with Crippen LogP contribution in [0.5, 0.6) is 0 Å². The summed E-state index contributed by atoms with van der Waals surface area (Å²) in [5, 5.41) is 3.00. The van der Waals surface area contributed by atoms with E-state index < -0.39 is 17.3 Å². The number of aryl methyl sites for hydroxylation is 1. The number of carbonyl (C=O) groups is 2. The maximum atomic E-state index is 12.7. The lowest BCUT2D eigenvalue weighted by molar-refractivity contribution is 0.0602. The summed E-state index contributed by atoms with van der Waals surface area (Å²) < 4.78 is 4.72. The van der Waals surface area contributed by atoms with Crippen LogP contribution in [0.25, 0.3) is 10.9 Å². The van der Waals surface area contributed by atoms with Crippen LogP contribution in [0.3, 0.4) is 0 Å². The highest BCUT2D eigenvalue weighted by Gasteiger charge is 2.17. The second-order valence-corrected chi connectivity index (χ2v) is 5.92. The Hall–Kier alpha value is -3.41. The zero-order chi connectivity index (χ0) is 18.7. The number of fused-ring (bicyclic) bond motifs is 1. The third-order valence-corrected chi connectivity index (χ3v) is 4.14. The molecule has 1 amide bonds. The highest BCUT2D eigenvalue weighted by atomic mass is 16.5. The van der Waals surface area contributed by atoms with E-state index in [0.29, 0.717) is 12.1 Å². The summed E-state index contributed by atoms with van der Waals surface area (Å²) in [6.45, 7) is 2.30. The van der Waals surface area contributed by atoms with Crippen LogP contribution in [-0.4, -0.2) is 24.0 Å². The quantitative estimate of drug-likeness (QED) is 0.708. The number of aromatic amines is 1. The Morgan fingerprint density at radius 1 is 1.08 bits per heavy atom. The predicted octanol–water partition coefficient (Wildman–Crippen LogP) is 2.55. The van der Waals surface area contributed by atoms with Gasteiger partial charge in [0.05, 0.1) is 18.2 Å². The number of aromatic nitrogens is 1. The lowest BCUT2D eigenvalue weighted by Gasteiger charge is -2.08. The molecule has 0 aliphatic carbocycles. The highest BCUT2D eigenvalue weighted by molar-refractivity contribution is 6.04. The van der Waals surface area contributed by atoms with E-state index in [-0.39, 0.29) is 16.5 Å². The number of para-hydroxylation sites is 1. The van der Waals surface area contributed by atoms with Gasteiger partial charge in [0, 0.05) is 18.1 Å². The van der Waals surface area contributed by atoms with Crippen molar-refractivity contribution in [1.29, 1.82) is 0 Å². The van der Waals surface area contributed by atoms with Crippen LogP contribution in [0.2, 0.25) is 0 Å². The molecule has 0 fully saturated rings. The summed E-state index contributed by atoms with van der Waals surface area (Å²) in [5.74, 6) is -1.03. The topological polar surface area (TPSA) is 88.3 Å². The number of carbonyl (C=O) groups excluding carboxylic acids is 2. The number of amides is 1. The minimum absolute atomic E-state index is 0.00775. The molecule has 0 atom stereocenters. The summed E-state index contributed by atoms with van der Waals surface area (Å²) in [4.78, 5) is 39.7. The lowest BCUT2D eigenvalue weighted by atomic mass is 10.1. The smallest absolute Gasteiger partial charge is 0.339 e. The Morgan fingerprint density at radius 3 is 2.50 bits per heavy atom. The van der Waals surface area contributed by atoms with Crippen LogP contribution in [-0.2, 0) is 11.3 Å². The van der Waals surface area contributed by atoms with Crippen molar-refractivity contribution in [3.05, 3.63) is 81.1 Å². The number of methoxy groups -OCH3 is 1. The SMILES string of the molecule is COC(=O)c1cccc2c(=O)c(C(=O)NCc3ccc(C)cc3)c[nH]c12. The first-order valence-electron chi connectivity index (χ1n) is 8.07. The molecular formula is C20H18N2O4. The molecule has 6 nitrogen and oxygen atoms in total. The van der Waals surface area contributed by atoms with Crippen LogP contribution in [0.15, 0.2) is 53.5 Å². The Kier molecular flexibility index (Phi) is 4.84. The normalized spacial score (nSPS) is 10.5. The second-order valence-electron chi connectivity index (χ2n) is 5.92. The Balaban J connectivity index is 1.89. The average molecular weight is 350 g/mol. The summed E-state index contributed by atoms with van der Waals surface area (Å²) in [6, 6.07) is 12.5. The first-order valence-corrected chi connectivity index (χ1v) is 8.07. The van der Waals surface area contributed by atoms with E-state index in [1.165, 1.54) is 13.3 Å². The van der Waals surface area contributed by atoms with Crippen molar-refractivity contribution in [3.8, 4) is 0 Å². The van der Waals surface area contributed by atoms with Gasteiger partial charge in [0.15, 0.2) is 0 Å². The van der Waals surface area contributed by atoms with Crippen molar-refractivity contribution in [1.82, 2.24) is 10.3 Å². The van der Waals surface area contributed by atoms with E-state index in [4.69, 9.17) is 4.74 Å². The van der Waals surface area contributed by atoms with E-state index in [1.54, 1.807) is 18.2 Å². The van der Waals surface area contributed by atoms with Gasteiger partial charge in [0.25, 0.3) is 5.91 Å². The van der Waals surface area contributed by atoms with Gasteiger partial charge >= 0.3 is 5.97 Å². The zero-order valence-corrected chi connectivity index (χ0v) is 14.5. The molecule has 3 aromatic rings. The summed E-state index contributed by atoms with van der Waals surface area (Å²) in [6.07, 6.45) is 1.32. The van der Waals surface area contributed by atoms with Gasteiger partial charge in [0.1, 0.15) is 5.56 Å². The second kappa shape index (κ2) is 7.23. The number of hydrogen-bond donors (Lipinski definition) is 2. The van der Waals surface area contributed by atoms with Crippen LogP contribution < -0.4 is 10.7 Å². The van der Waals surface area contributed by atoms with E-state index in [2.05, 4.69) is 10.3 Å². The molecule has 0 saturated carbocycles. The summed E-state index contributed by atoms with van der Waals surface area (Å²) in [7, 11) is 1.27. The minimum atomic E-state index is -0.553. The molecule has 0 saturated heterocycles. The molecule has 0 radical (unpaired) electrons. The lowest BCUT2D eigenvalue weighted by Crippen LogP contribution is -2.28. The van der Waals surface area contributed by atoms with Gasteiger partial charge in [-0.05, 0) is 24.6 Å². The monoisotopic (exact) mass is 350 g/mol. The van der Waals surface area contributed by atoms with Gasteiger partial charge in [-0.2, -0.15) is 0 Å². The number of pyridine rings is 1. The standard InChI is InChI=1S/C20H18N2O4/c1-12-6-8-13(9-7-12)10-22-19(24)16-11-21-17-14(18(16)23)4-3-5-15(17)20(25)26-2/h3-9,11H,10H2,1-2H3,(H,21,23)(H,22,24). The van der Waals surface area contributed by atoms with Crippen LogP contribution >= 0.6 is 0 Å². The van der Waals surface area contributed by atoms with Gasteiger partial charge < -0.3 is 15.0 Å². The van der Waals surface area contributed by atoms with E-state index in [1.807, 2.05) is 31.2 Å². The van der Waals surface area contributed by atoms with Crippen LogP contribution in [0, 0.1) is 6.92 Å². The van der Waals surface area contributed by atoms with Crippen molar-refractivity contribution in [2.75, 3.05) is 7.11 Å². The molecule has 0 aliphatic rings. The third-order valence-electron chi connectivity index (χ3n) is 4.14. The molecule has 1 aromatic heterocycles. The maximum absolute atomic E-state index is 12.7. The highest BCUT2D eigenvalue weighted by Crippen LogP contribution is 2.15.